The summed E-state index contributed by atoms with van der Waals surface area (Å²) in [4.78, 5) is 11.0. The number of hydrogen-bond acceptors (Lipinski definition) is 2. The molecule has 1 N–H and O–H groups in total. The van der Waals surface area contributed by atoms with Crippen molar-refractivity contribution in [3.8, 4) is 5.75 Å². The number of rotatable bonds is 1. The molecule has 1 amide bonds. The molecule has 80 valence electrons. The molecule has 1 atom stereocenters. The Balaban J connectivity index is 2.32. The molecular weight excluding hydrogens is 214 g/mol. The van der Waals surface area contributed by atoms with E-state index in [4.69, 9.17) is 16.3 Å². The van der Waals surface area contributed by atoms with Crippen LogP contribution in [0, 0.1) is 0 Å². The van der Waals surface area contributed by atoms with Gasteiger partial charge in [-0.1, -0.05) is 11.6 Å². The average molecular weight is 226 g/mol. The lowest BCUT2D eigenvalue weighted by Crippen LogP contribution is -2.30. The van der Waals surface area contributed by atoms with Gasteiger partial charge in [-0.2, -0.15) is 0 Å². The molecule has 15 heavy (non-hydrogen) atoms. The zero-order valence-corrected chi connectivity index (χ0v) is 9.17. The van der Waals surface area contributed by atoms with E-state index in [1.54, 1.807) is 6.07 Å². The van der Waals surface area contributed by atoms with E-state index in [9.17, 15) is 4.79 Å². The van der Waals surface area contributed by atoms with Gasteiger partial charge >= 0.3 is 0 Å². The number of carbonyl (C=O) groups excluding carboxylic acids is 1. The van der Waals surface area contributed by atoms with E-state index in [0.29, 0.717) is 11.6 Å². The second kappa shape index (κ2) is 4.11. The summed E-state index contributed by atoms with van der Waals surface area (Å²) in [6.45, 7) is 2.14. The van der Waals surface area contributed by atoms with Crippen molar-refractivity contribution in [2.24, 2.45) is 0 Å². The fraction of sp³-hybridized carbons (Fsp3) is 0.364. The van der Waals surface area contributed by atoms with Gasteiger partial charge in [-0.05, 0) is 18.2 Å². The van der Waals surface area contributed by atoms with Crippen molar-refractivity contribution in [2.45, 2.75) is 19.4 Å². The van der Waals surface area contributed by atoms with Crippen LogP contribution in [0.3, 0.4) is 0 Å². The van der Waals surface area contributed by atoms with Gasteiger partial charge in [0.05, 0.1) is 12.6 Å². The summed E-state index contributed by atoms with van der Waals surface area (Å²) in [5.74, 6) is 0.775. The topological polar surface area (TPSA) is 38.3 Å². The Kier molecular flexibility index (Phi) is 2.82. The fourth-order valence-corrected chi connectivity index (χ4v) is 1.94. The van der Waals surface area contributed by atoms with Crippen molar-refractivity contribution in [1.29, 1.82) is 0 Å². The highest BCUT2D eigenvalue weighted by Crippen LogP contribution is 2.33. The Hall–Kier alpha value is -1.22. The molecule has 0 saturated carbocycles. The van der Waals surface area contributed by atoms with E-state index in [1.807, 2.05) is 12.1 Å². The van der Waals surface area contributed by atoms with Crippen molar-refractivity contribution < 1.29 is 9.53 Å². The van der Waals surface area contributed by atoms with E-state index >= 15 is 0 Å². The Bertz CT molecular complexity index is 392. The molecule has 0 saturated heterocycles. The largest absolute Gasteiger partial charge is 0.493 e. The molecule has 2 rings (SSSR count). The van der Waals surface area contributed by atoms with Gasteiger partial charge in [-0.3, -0.25) is 4.79 Å². The molecule has 3 nitrogen and oxygen atoms in total. The summed E-state index contributed by atoms with van der Waals surface area (Å²) in [6.07, 6.45) is 0.785. The van der Waals surface area contributed by atoms with Gasteiger partial charge < -0.3 is 10.1 Å². The van der Waals surface area contributed by atoms with Crippen molar-refractivity contribution in [1.82, 2.24) is 5.32 Å². The third-order valence-electron chi connectivity index (χ3n) is 2.39. The zero-order valence-electron chi connectivity index (χ0n) is 8.42. The Morgan fingerprint density at radius 1 is 1.60 bits per heavy atom. The van der Waals surface area contributed by atoms with Crippen LogP contribution in [-0.4, -0.2) is 12.5 Å². The van der Waals surface area contributed by atoms with Crippen LogP contribution in [-0.2, 0) is 4.79 Å². The molecule has 0 unspecified atom stereocenters. The molecule has 0 aliphatic carbocycles. The number of halogens is 1. The molecule has 0 fully saturated rings. The normalized spacial score (nSPS) is 18.9. The lowest BCUT2D eigenvalue weighted by Gasteiger charge is -2.26. The molecular formula is C11H12ClNO2. The predicted octanol–water partition coefficient (Wildman–Crippen LogP) is 2.30. The zero-order chi connectivity index (χ0) is 10.8. The second-order valence-electron chi connectivity index (χ2n) is 3.57. The summed E-state index contributed by atoms with van der Waals surface area (Å²) < 4.78 is 5.48. The van der Waals surface area contributed by atoms with Crippen LogP contribution in [0.2, 0.25) is 5.02 Å². The first-order chi connectivity index (χ1) is 7.16. The molecule has 0 radical (unpaired) electrons. The van der Waals surface area contributed by atoms with Gasteiger partial charge in [-0.25, -0.2) is 0 Å². The predicted molar refractivity (Wildman–Crippen MR) is 58.1 cm³/mol. The molecule has 0 spiro atoms. The van der Waals surface area contributed by atoms with E-state index < -0.39 is 0 Å². The summed E-state index contributed by atoms with van der Waals surface area (Å²) in [7, 11) is 0. The van der Waals surface area contributed by atoms with E-state index in [-0.39, 0.29) is 11.9 Å². The second-order valence-corrected chi connectivity index (χ2v) is 4.01. The van der Waals surface area contributed by atoms with Gasteiger partial charge in [0.25, 0.3) is 0 Å². The highest BCUT2D eigenvalue weighted by molar-refractivity contribution is 6.30. The van der Waals surface area contributed by atoms with E-state index in [1.165, 1.54) is 6.92 Å². The van der Waals surface area contributed by atoms with Crippen LogP contribution >= 0.6 is 11.6 Å². The standard InChI is InChI=1S/C11H12ClNO2/c1-7(14)13-10-4-5-15-11-3-2-8(12)6-9(10)11/h2-3,6,10H,4-5H2,1H3,(H,13,14)/t10-/m0/s1. The monoisotopic (exact) mass is 225 g/mol. The molecule has 1 aromatic carbocycles. The minimum absolute atomic E-state index is 0.0185. The van der Waals surface area contributed by atoms with E-state index in [0.717, 1.165) is 17.7 Å². The maximum absolute atomic E-state index is 11.0. The first kappa shape index (κ1) is 10.3. The number of hydrogen-bond donors (Lipinski definition) is 1. The molecule has 0 bridgehead atoms. The molecule has 1 aromatic rings. The summed E-state index contributed by atoms with van der Waals surface area (Å²) >= 11 is 5.91. The number of nitrogens with one attached hydrogen (secondary N) is 1. The highest BCUT2D eigenvalue weighted by Gasteiger charge is 2.22. The Labute approximate surface area is 93.4 Å². The molecule has 4 heteroatoms. The van der Waals surface area contributed by atoms with Gasteiger partial charge in [0.1, 0.15) is 5.75 Å². The van der Waals surface area contributed by atoms with Crippen LogP contribution in [0.25, 0.3) is 0 Å². The van der Waals surface area contributed by atoms with Gasteiger partial charge in [0.2, 0.25) is 5.91 Å². The van der Waals surface area contributed by atoms with Crippen molar-refractivity contribution in [3.63, 3.8) is 0 Å². The Morgan fingerprint density at radius 3 is 3.13 bits per heavy atom. The molecule has 1 aliphatic heterocycles. The maximum Gasteiger partial charge on any atom is 0.217 e. The first-order valence-corrected chi connectivity index (χ1v) is 5.24. The molecule has 0 aromatic heterocycles. The van der Waals surface area contributed by atoms with Crippen LogP contribution in [0.5, 0.6) is 5.75 Å². The summed E-state index contributed by atoms with van der Waals surface area (Å²) in [6, 6.07) is 5.49. The summed E-state index contributed by atoms with van der Waals surface area (Å²) in [5.41, 5.74) is 0.962. The van der Waals surface area contributed by atoms with Gasteiger partial charge in [-0.15, -0.1) is 0 Å². The lowest BCUT2D eigenvalue weighted by molar-refractivity contribution is -0.119. The SMILES string of the molecule is CC(=O)N[C@H]1CCOc2ccc(Cl)cc21. The molecule has 1 aliphatic rings. The van der Waals surface area contributed by atoms with Crippen molar-refractivity contribution in [2.75, 3.05) is 6.61 Å². The van der Waals surface area contributed by atoms with Crippen molar-refractivity contribution >= 4 is 17.5 Å². The van der Waals surface area contributed by atoms with Crippen LogP contribution in [0.4, 0.5) is 0 Å². The number of carbonyl (C=O) groups is 1. The lowest BCUT2D eigenvalue weighted by atomic mass is 10.0. The number of fused-ring (bicyclic) bond motifs is 1. The average Bonchev–Trinajstić information content (AvgIpc) is 2.18. The minimum Gasteiger partial charge on any atom is -0.493 e. The highest BCUT2D eigenvalue weighted by atomic mass is 35.5. The summed E-state index contributed by atoms with van der Waals surface area (Å²) in [5, 5.41) is 3.55. The number of ether oxygens (including phenoxy) is 1. The maximum atomic E-state index is 11.0. The number of amides is 1. The first-order valence-electron chi connectivity index (χ1n) is 4.86. The minimum atomic E-state index is -0.0344. The quantitative estimate of drug-likeness (QED) is 0.797. The van der Waals surface area contributed by atoms with Crippen LogP contribution in [0.1, 0.15) is 24.9 Å². The van der Waals surface area contributed by atoms with E-state index in [2.05, 4.69) is 5.32 Å². The fourth-order valence-electron chi connectivity index (χ4n) is 1.76. The smallest absolute Gasteiger partial charge is 0.217 e. The third-order valence-corrected chi connectivity index (χ3v) is 2.62. The van der Waals surface area contributed by atoms with Gasteiger partial charge in [0, 0.05) is 23.9 Å². The Morgan fingerprint density at radius 2 is 2.40 bits per heavy atom. The third kappa shape index (κ3) is 2.23. The van der Waals surface area contributed by atoms with Crippen LogP contribution in [0.15, 0.2) is 18.2 Å². The van der Waals surface area contributed by atoms with Crippen molar-refractivity contribution in [3.05, 3.63) is 28.8 Å². The van der Waals surface area contributed by atoms with Gasteiger partial charge in [0.15, 0.2) is 0 Å². The number of benzene rings is 1. The van der Waals surface area contributed by atoms with Crippen LogP contribution < -0.4 is 10.1 Å². The molecule has 1 heterocycles.